The van der Waals surface area contributed by atoms with E-state index >= 15 is 0 Å². The zero-order valence-corrected chi connectivity index (χ0v) is 27.4. The molecule has 3 aromatic heterocycles. The Hall–Kier alpha value is -4.03. The number of carbonyl (C=O) groups is 2. The van der Waals surface area contributed by atoms with Gasteiger partial charge in [-0.05, 0) is 69.9 Å². The summed E-state index contributed by atoms with van der Waals surface area (Å²) in [5.74, 6) is -0.133. The lowest BCUT2D eigenvalue weighted by atomic mass is 9.99. The summed E-state index contributed by atoms with van der Waals surface area (Å²) in [6, 6.07) is 8.19. The van der Waals surface area contributed by atoms with Crippen LogP contribution in [0.2, 0.25) is 0 Å². The van der Waals surface area contributed by atoms with Crippen molar-refractivity contribution < 1.29 is 14.3 Å². The number of fused-ring (bicyclic) bond motifs is 1. The van der Waals surface area contributed by atoms with E-state index in [-0.39, 0.29) is 23.6 Å². The van der Waals surface area contributed by atoms with Crippen LogP contribution in [0.4, 0.5) is 10.5 Å². The second-order valence-electron chi connectivity index (χ2n) is 13.7. The molecule has 0 saturated carbocycles. The zero-order chi connectivity index (χ0) is 32.4. The van der Waals surface area contributed by atoms with Gasteiger partial charge in [-0.3, -0.25) is 24.4 Å². The first kappa shape index (κ1) is 31.9. The molecule has 0 atom stereocenters. The maximum absolute atomic E-state index is 13.0. The average molecular weight is 631 g/mol. The molecule has 3 fully saturated rings. The van der Waals surface area contributed by atoms with E-state index in [1.807, 2.05) is 58.2 Å². The highest BCUT2D eigenvalue weighted by Gasteiger charge is 2.38. The Kier molecular flexibility index (Phi) is 9.28. The van der Waals surface area contributed by atoms with Gasteiger partial charge >= 0.3 is 6.09 Å². The van der Waals surface area contributed by atoms with Crippen molar-refractivity contribution in [2.45, 2.75) is 71.2 Å². The third-order valence-electron chi connectivity index (χ3n) is 9.23. The van der Waals surface area contributed by atoms with Gasteiger partial charge in [0.2, 0.25) is 0 Å². The molecule has 3 aliphatic rings. The number of hydrogen-bond donors (Lipinski definition) is 2. The second-order valence-corrected chi connectivity index (χ2v) is 13.7. The number of aromatic nitrogens is 3. The molecule has 12 heteroatoms. The van der Waals surface area contributed by atoms with E-state index in [4.69, 9.17) is 4.74 Å². The van der Waals surface area contributed by atoms with E-state index in [0.717, 1.165) is 86.5 Å². The normalized spacial score (nSPS) is 18.9. The van der Waals surface area contributed by atoms with Crippen molar-refractivity contribution in [3.63, 3.8) is 0 Å². The number of hydrogen-bond acceptors (Lipinski definition) is 9. The number of nitrogens with one attached hydrogen (secondary N) is 2. The molecule has 3 saturated heterocycles. The minimum atomic E-state index is -0.480. The first-order valence-corrected chi connectivity index (χ1v) is 16.5. The van der Waals surface area contributed by atoms with Gasteiger partial charge in [0.15, 0.2) is 0 Å². The minimum absolute atomic E-state index is 0.0417. The van der Waals surface area contributed by atoms with Crippen LogP contribution < -0.4 is 15.8 Å². The highest BCUT2D eigenvalue weighted by molar-refractivity contribution is 5.92. The molecule has 2 amide bonds. The van der Waals surface area contributed by atoms with Crippen LogP contribution in [0.5, 0.6) is 0 Å². The summed E-state index contributed by atoms with van der Waals surface area (Å²) in [4.78, 5) is 58.4. The Morgan fingerprint density at radius 1 is 1.00 bits per heavy atom. The summed E-state index contributed by atoms with van der Waals surface area (Å²) in [6.45, 7) is 15.1. The number of nitrogens with zero attached hydrogens (tertiary/aromatic N) is 6. The summed E-state index contributed by atoms with van der Waals surface area (Å²) in [7, 11) is 0. The largest absolute Gasteiger partial charge is 0.444 e. The third kappa shape index (κ3) is 7.50. The lowest BCUT2D eigenvalue weighted by Crippen LogP contribution is -2.63. The first-order valence-electron chi connectivity index (χ1n) is 16.5. The monoisotopic (exact) mass is 630 g/mol. The minimum Gasteiger partial charge on any atom is -0.444 e. The Bertz CT molecular complexity index is 1600. The SMILES string of the molecule is CCc1cc2ncc(CN3CCN(c4ccc(C(=O)NC5CCN(C6CN(C(=O)OC(C)(C)C)C6)CC5)nc4)CC3)cc2[nH]c1=O. The van der Waals surface area contributed by atoms with Gasteiger partial charge in [0.1, 0.15) is 11.3 Å². The van der Waals surface area contributed by atoms with Gasteiger partial charge in [-0.1, -0.05) is 6.92 Å². The number of carbonyl (C=O) groups excluding carboxylic acids is 2. The molecule has 0 aliphatic carbocycles. The molecule has 0 aromatic carbocycles. The maximum atomic E-state index is 13.0. The van der Waals surface area contributed by atoms with Gasteiger partial charge in [-0.25, -0.2) is 9.78 Å². The molecule has 0 radical (unpaired) electrons. The quantitative estimate of drug-likeness (QED) is 0.405. The first-order chi connectivity index (χ1) is 22.0. The predicted molar refractivity (Wildman–Crippen MR) is 177 cm³/mol. The number of rotatable bonds is 7. The summed E-state index contributed by atoms with van der Waals surface area (Å²) >= 11 is 0. The second kappa shape index (κ2) is 13.4. The smallest absolute Gasteiger partial charge is 0.410 e. The molecule has 2 N–H and O–H groups in total. The Labute approximate surface area is 270 Å². The summed E-state index contributed by atoms with van der Waals surface area (Å²) in [5, 5.41) is 3.17. The molecule has 3 aromatic rings. The summed E-state index contributed by atoms with van der Waals surface area (Å²) < 4.78 is 5.47. The molecule has 12 nitrogen and oxygen atoms in total. The van der Waals surface area contributed by atoms with Gasteiger partial charge < -0.3 is 24.8 Å². The molecule has 0 unspecified atom stereocenters. The Morgan fingerprint density at radius 3 is 2.39 bits per heavy atom. The summed E-state index contributed by atoms with van der Waals surface area (Å²) in [6.07, 6.45) is 5.90. The number of amides is 2. The van der Waals surface area contributed by atoms with Crippen molar-refractivity contribution in [1.82, 2.24) is 35.0 Å². The van der Waals surface area contributed by atoms with Crippen molar-refractivity contribution >= 4 is 28.7 Å². The Balaban J connectivity index is 0.924. The highest BCUT2D eigenvalue weighted by Crippen LogP contribution is 2.23. The molecule has 3 aliphatic heterocycles. The fourth-order valence-corrected chi connectivity index (χ4v) is 6.48. The van der Waals surface area contributed by atoms with Crippen LogP contribution in [-0.4, -0.2) is 112 Å². The van der Waals surface area contributed by atoms with Crippen LogP contribution in [0, 0.1) is 0 Å². The number of piperidine rings is 1. The van der Waals surface area contributed by atoms with E-state index in [9.17, 15) is 14.4 Å². The molecule has 246 valence electrons. The third-order valence-corrected chi connectivity index (χ3v) is 9.23. The van der Waals surface area contributed by atoms with Crippen LogP contribution in [0.25, 0.3) is 11.0 Å². The van der Waals surface area contributed by atoms with E-state index in [1.54, 1.807) is 11.1 Å². The number of H-pyrrole nitrogens is 1. The summed E-state index contributed by atoms with van der Waals surface area (Å²) in [5.41, 5.74) is 4.36. The fraction of sp³-hybridized carbons (Fsp3) is 0.559. The van der Waals surface area contributed by atoms with Gasteiger partial charge in [-0.15, -0.1) is 0 Å². The highest BCUT2D eigenvalue weighted by atomic mass is 16.6. The van der Waals surface area contributed by atoms with Crippen LogP contribution in [-0.2, 0) is 17.7 Å². The number of pyridine rings is 3. The van der Waals surface area contributed by atoms with Crippen LogP contribution in [0.1, 0.15) is 62.2 Å². The van der Waals surface area contributed by atoms with Crippen LogP contribution >= 0.6 is 0 Å². The molecule has 6 rings (SSSR count). The van der Waals surface area contributed by atoms with Crippen molar-refractivity contribution in [2.75, 3.05) is 57.3 Å². The lowest BCUT2D eigenvalue weighted by molar-refractivity contribution is -0.0201. The molecule has 0 bridgehead atoms. The number of ether oxygens (including phenoxy) is 1. The van der Waals surface area contributed by atoms with Crippen LogP contribution in [0.3, 0.4) is 0 Å². The number of piperazine rings is 1. The van der Waals surface area contributed by atoms with Crippen LogP contribution in [0.15, 0.2) is 41.5 Å². The van der Waals surface area contributed by atoms with E-state index in [1.165, 1.54) is 0 Å². The van der Waals surface area contributed by atoms with Crippen molar-refractivity contribution in [2.24, 2.45) is 0 Å². The van der Waals surface area contributed by atoms with Gasteiger partial charge in [0, 0.05) is 82.7 Å². The van der Waals surface area contributed by atoms with Crippen molar-refractivity contribution in [3.05, 3.63) is 63.8 Å². The number of likely N-dealkylation sites (tertiary alicyclic amines) is 2. The van der Waals surface area contributed by atoms with E-state index in [0.29, 0.717) is 31.2 Å². The van der Waals surface area contributed by atoms with Crippen molar-refractivity contribution in [1.29, 1.82) is 0 Å². The standard InChI is InChI=1S/C34H46N8O4/c1-5-24-17-29-30(38-31(24)43)16-23(18-35-29)20-39-12-14-41(15-13-39)26-6-7-28(36-19-26)32(44)37-25-8-10-40(11-9-25)27-21-42(22-27)33(45)46-34(2,3)4/h6-7,16-19,25,27H,5,8-15,20-22H2,1-4H3,(H,37,44)(H,38,43). The molecular formula is C34H46N8O4. The topological polar surface area (TPSA) is 127 Å². The number of aromatic amines is 1. The number of anilines is 1. The molecular weight excluding hydrogens is 584 g/mol. The van der Waals surface area contributed by atoms with Gasteiger partial charge in [-0.2, -0.15) is 0 Å². The van der Waals surface area contributed by atoms with Gasteiger partial charge in [0.25, 0.3) is 11.5 Å². The molecule has 0 spiro atoms. The average Bonchev–Trinajstić information content (AvgIpc) is 3.00. The predicted octanol–water partition coefficient (Wildman–Crippen LogP) is 3.02. The maximum Gasteiger partial charge on any atom is 0.410 e. The molecule has 46 heavy (non-hydrogen) atoms. The fourth-order valence-electron chi connectivity index (χ4n) is 6.48. The van der Waals surface area contributed by atoms with Crippen molar-refractivity contribution in [3.8, 4) is 0 Å². The lowest BCUT2D eigenvalue weighted by Gasteiger charge is -2.47. The van der Waals surface area contributed by atoms with E-state index < -0.39 is 5.60 Å². The number of aryl methyl sites for hydroxylation is 1. The van der Waals surface area contributed by atoms with Gasteiger partial charge in [0.05, 0.1) is 22.9 Å². The molecule has 6 heterocycles. The Morgan fingerprint density at radius 2 is 1.74 bits per heavy atom. The zero-order valence-electron chi connectivity index (χ0n) is 27.4. The van der Waals surface area contributed by atoms with E-state index in [2.05, 4.69) is 35.0 Å².